The Bertz CT molecular complexity index is 1810. The minimum Gasteiger partial charge on any atom is -0.485 e. The Kier molecular flexibility index (Phi) is 11.8. The summed E-state index contributed by atoms with van der Waals surface area (Å²) in [6.07, 6.45) is 4.32. The predicted molar refractivity (Wildman–Crippen MR) is 180 cm³/mol. The topological polar surface area (TPSA) is 131 Å². The number of esters is 1. The van der Waals surface area contributed by atoms with Crippen LogP contribution in [0.1, 0.15) is 30.2 Å². The second-order valence-electron chi connectivity index (χ2n) is 9.86. The smallest absolute Gasteiger partial charge is 0.315 e. The highest BCUT2D eigenvalue weighted by Gasteiger charge is 2.20. The van der Waals surface area contributed by atoms with Gasteiger partial charge in [0, 0.05) is 35.6 Å². The van der Waals surface area contributed by atoms with Crippen molar-refractivity contribution < 1.29 is 28.7 Å². The number of hydrogen-bond donors (Lipinski definition) is 2. The van der Waals surface area contributed by atoms with Crippen molar-refractivity contribution in [3.05, 3.63) is 92.3 Å². The summed E-state index contributed by atoms with van der Waals surface area (Å²) in [5.74, 6) is -1.47. The summed E-state index contributed by atoms with van der Waals surface area (Å²) in [6, 6.07) is 13.5. The van der Waals surface area contributed by atoms with Crippen molar-refractivity contribution >= 4 is 85.9 Å². The second kappa shape index (κ2) is 15.7. The zero-order valence-electron chi connectivity index (χ0n) is 25.1. The number of imidazole rings is 1. The SMILES string of the molecule is CCOC(=O)CC(=O)Nc1ccc(C=CC(=O)NCC(=O)N(C)c2ccc(Cl)c(COc3cccn4c(Br)c(C)nc34)c2Cl)cc1. The van der Waals surface area contributed by atoms with Gasteiger partial charge in [-0.1, -0.05) is 35.3 Å². The van der Waals surface area contributed by atoms with E-state index in [2.05, 4.69) is 31.5 Å². The van der Waals surface area contributed by atoms with Gasteiger partial charge in [-0.15, -0.1) is 0 Å². The van der Waals surface area contributed by atoms with Crippen LogP contribution in [0.2, 0.25) is 10.0 Å². The Labute approximate surface area is 283 Å². The number of carbonyl (C=O) groups is 4. The van der Waals surface area contributed by atoms with Gasteiger partial charge in [-0.25, -0.2) is 4.98 Å². The van der Waals surface area contributed by atoms with Crippen LogP contribution in [0.5, 0.6) is 5.75 Å². The fourth-order valence-corrected chi connectivity index (χ4v) is 5.22. The zero-order chi connectivity index (χ0) is 33.4. The van der Waals surface area contributed by atoms with Crippen LogP contribution < -0.4 is 20.3 Å². The second-order valence-corrected chi connectivity index (χ2v) is 11.4. The molecule has 2 aromatic carbocycles. The number of nitrogens with zero attached hydrogens (tertiary/aromatic N) is 3. The van der Waals surface area contributed by atoms with E-state index in [9.17, 15) is 19.2 Å². The lowest BCUT2D eigenvalue weighted by Gasteiger charge is -2.21. The van der Waals surface area contributed by atoms with Crippen LogP contribution in [-0.2, 0) is 30.5 Å². The summed E-state index contributed by atoms with van der Waals surface area (Å²) in [5, 5.41) is 5.77. The fraction of sp³-hybridized carbons (Fsp3) is 0.219. The Balaban J connectivity index is 1.32. The Hall–Kier alpha value is -4.39. The molecule has 0 radical (unpaired) electrons. The van der Waals surface area contributed by atoms with Crippen molar-refractivity contribution in [3.63, 3.8) is 0 Å². The van der Waals surface area contributed by atoms with Gasteiger partial charge in [-0.3, -0.25) is 23.6 Å². The van der Waals surface area contributed by atoms with Gasteiger partial charge in [0.1, 0.15) is 17.6 Å². The van der Waals surface area contributed by atoms with Crippen molar-refractivity contribution in [3.8, 4) is 5.75 Å². The molecule has 4 aromatic rings. The molecule has 0 bridgehead atoms. The van der Waals surface area contributed by atoms with Crippen LogP contribution in [0.15, 0.2) is 65.4 Å². The molecule has 46 heavy (non-hydrogen) atoms. The van der Waals surface area contributed by atoms with Gasteiger partial charge in [-0.05, 0) is 77.8 Å². The number of aromatic nitrogens is 2. The minimum atomic E-state index is -0.606. The summed E-state index contributed by atoms with van der Waals surface area (Å²) in [5.41, 5.74) is 3.48. The van der Waals surface area contributed by atoms with E-state index in [4.69, 9.17) is 32.7 Å². The van der Waals surface area contributed by atoms with Crippen LogP contribution >= 0.6 is 39.1 Å². The molecule has 0 saturated heterocycles. The minimum absolute atomic E-state index is 0.0270. The Morgan fingerprint density at radius 1 is 1.09 bits per heavy atom. The monoisotopic (exact) mass is 729 g/mol. The van der Waals surface area contributed by atoms with E-state index in [0.29, 0.717) is 38.9 Å². The molecule has 11 nitrogen and oxygen atoms in total. The average molecular weight is 731 g/mol. The molecule has 2 aromatic heterocycles. The highest BCUT2D eigenvalue weighted by Crippen LogP contribution is 2.35. The van der Waals surface area contributed by atoms with Crippen LogP contribution in [0.4, 0.5) is 11.4 Å². The van der Waals surface area contributed by atoms with E-state index in [-0.39, 0.29) is 31.2 Å². The third kappa shape index (κ3) is 8.65. The number of likely N-dealkylation sites (N-methyl/N-ethyl adjacent to an activating group) is 1. The molecule has 3 amide bonds. The number of pyridine rings is 1. The number of benzene rings is 2. The third-order valence-electron chi connectivity index (χ3n) is 6.63. The molecule has 240 valence electrons. The quantitative estimate of drug-likeness (QED) is 0.104. The molecule has 0 aliphatic rings. The van der Waals surface area contributed by atoms with Crippen molar-refractivity contribution in [1.29, 1.82) is 0 Å². The van der Waals surface area contributed by atoms with Crippen LogP contribution in [-0.4, -0.2) is 53.3 Å². The number of amides is 3. The first kappa shape index (κ1) is 34.5. The van der Waals surface area contributed by atoms with Gasteiger partial charge >= 0.3 is 5.97 Å². The van der Waals surface area contributed by atoms with E-state index >= 15 is 0 Å². The van der Waals surface area contributed by atoms with Crippen molar-refractivity contribution in [2.75, 3.05) is 30.4 Å². The molecule has 0 atom stereocenters. The number of hydrogen-bond acceptors (Lipinski definition) is 7. The van der Waals surface area contributed by atoms with Gasteiger partial charge in [-0.2, -0.15) is 0 Å². The van der Waals surface area contributed by atoms with Crippen molar-refractivity contribution in [2.45, 2.75) is 26.9 Å². The van der Waals surface area contributed by atoms with Gasteiger partial charge in [0.05, 0.1) is 29.6 Å². The number of carbonyl (C=O) groups excluding carboxylic acids is 4. The lowest BCUT2D eigenvalue weighted by molar-refractivity contribution is -0.145. The molecule has 4 rings (SSSR count). The van der Waals surface area contributed by atoms with Gasteiger partial charge in [0.2, 0.25) is 17.7 Å². The number of rotatable bonds is 12. The summed E-state index contributed by atoms with van der Waals surface area (Å²) < 4.78 is 13.5. The maximum atomic E-state index is 12.9. The number of aryl methyl sites for hydroxylation is 1. The van der Waals surface area contributed by atoms with E-state index < -0.39 is 23.7 Å². The normalized spacial score (nSPS) is 11.0. The van der Waals surface area contributed by atoms with E-state index in [1.54, 1.807) is 62.5 Å². The number of ether oxygens (including phenoxy) is 2. The maximum Gasteiger partial charge on any atom is 0.315 e. The molecule has 0 aliphatic carbocycles. The van der Waals surface area contributed by atoms with Crippen molar-refractivity contribution in [1.82, 2.24) is 14.7 Å². The summed E-state index contributed by atoms with van der Waals surface area (Å²) in [6.45, 7) is 3.48. The number of nitrogens with one attached hydrogen (secondary N) is 2. The predicted octanol–water partition coefficient (Wildman–Crippen LogP) is 5.98. The molecule has 0 saturated carbocycles. The summed E-state index contributed by atoms with van der Waals surface area (Å²) in [4.78, 5) is 54.6. The molecule has 0 aliphatic heterocycles. The van der Waals surface area contributed by atoms with Crippen LogP contribution in [0.3, 0.4) is 0 Å². The largest absolute Gasteiger partial charge is 0.485 e. The number of fused-ring (bicyclic) bond motifs is 1. The first-order valence-corrected chi connectivity index (χ1v) is 15.5. The number of halogens is 3. The van der Waals surface area contributed by atoms with Crippen LogP contribution in [0.25, 0.3) is 11.7 Å². The van der Waals surface area contributed by atoms with Gasteiger partial charge < -0.3 is 25.0 Å². The molecule has 0 fully saturated rings. The highest BCUT2D eigenvalue weighted by atomic mass is 79.9. The van der Waals surface area contributed by atoms with E-state index in [1.807, 2.05) is 23.6 Å². The molecule has 2 N–H and O–H groups in total. The van der Waals surface area contributed by atoms with Gasteiger partial charge in [0.25, 0.3) is 0 Å². The average Bonchev–Trinajstić information content (AvgIpc) is 3.32. The van der Waals surface area contributed by atoms with Crippen molar-refractivity contribution in [2.24, 2.45) is 0 Å². The molecule has 2 heterocycles. The Morgan fingerprint density at radius 3 is 2.54 bits per heavy atom. The molecule has 14 heteroatoms. The summed E-state index contributed by atoms with van der Waals surface area (Å²) in [7, 11) is 1.54. The van der Waals surface area contributed by atoms with E-state index in [1.165, 1.54) is 11.0 Å². The fourth-order valence-electron chi connectivity index (χ4n) is 4.24. The lowest BCUT2D eigenvalue weighted by atomic mass is 10.2. The van der Waals surface area contributed by atoms with Crippen LogP contribution in [0, 0.1) is 6.92 Å². The molecular formula is C32H30BrCl2N5O6. The third-order valence-corrected chi connectivity index (χ3v) is 8.37. The Morgan fingerprint density at radius 2 is 1.83 bits per heavy atom. The lowest BCUT2D eigenvalue weighted by Crippen LogP contribution is -2.37. The highest BCUT2D eigenvalue weighted by molar-refractivity contribution is 9.10. The van der Waals surface area contributed by atoms with Gasteiger partial charge in [0.15, 0.2) is 11.4 Å². The molecule has 0 unspecified atom stereocenters. The molecular weight excluding hydrogens is 701 g/mol. The first-order chi connectivity index (χ1) is 22.0. The zero-order valence-corrected chi connectivity index (χ0v) is 28.2. The van der Waals surface area contributed by atoms with E-state index in [0.717, 1.165) is 10.3 Å². The first-order valence-electron chi connectivity index (χ1n) is 14.0. The molecule has 0 spiro atoms. The standard InChI is InChI=1S/C32H30BrCl2N5O6/c1-4-45-29(44)16-27(42)38-21-10-7-20(8-11-21)9-14-26(41)36-17-28(43)39(3)24-13-12-23(34)22(30(24)35)18-46-25-6-5-15-40-31(33)19(2)37-32(25)40/h5-15H,4,16-18H2,1-3H3,(H,36,41)(H,38,42). The maximum absolute atomic E-state index is 12.9. The summed E-state index contributed by atoms with van der Waals surface area (Å²) >= 11 is 16.7. The number of anilines is 2.